The lowest BCUT2D eigenvalue weighted by atomic mass is 9.99. The number of amides is 1. The Balaban J connectivity index is 2.48. The molecule has 0 fully saturated rings. The number of hydrogen-bond acceptors (Lipinski definition) is 3. The van der Waals surface area contributed by atoms with E-state index in [0.29, 0.717) is 11.6 Å². The van der Waals surface area contributed by atoms with Crippen LogP contribution in [0.2, 0.25) is 0 Å². The van der Waals surface area contributed by atoms with Crippen LogP contribution in [0.3, 0.4) is 0 Å². The highest BCUT2D eigenvalue weighted by atomic mass is 16.5. The molecule has 108 valence electrons. The Kier molecular flexibility index (Phi) is 6.50. The highest BCUT2D eigenvalue weighted by Gasteiger charge is 2.06. The third-order valence-corrected chi connectivity index (χ3v) is 3.02. The number of esters is 1. The topological polar surface area (TPSA) is 55.4 Å². The Morgan fingerprint density at radius 3 is 2.50 bits per heavy atom. The number of allylic oxidation sites excluding steroid dienone is 1. The SMILES string of the molecule is C/C=C/C(=O)OCC(=O)Nc1ccc([C@@H](C)CC)cc1. The minimum atomic E-state index is -0.519. The molecule has 0 aromatic heterocycles. The van der Waals surface area contributed by atoms with Crippen molar-refractivity contribution >= 4 is 17.6 Å². The summed E-state index contributed by atoms with van der Waals surface area (Å²) in [5.74, 6) is -0.365. The molecule has 0 radical (unpaired) electrons. The molecule has 1 rings (SSSR count). The van der Waals surface area contributed by atoms with Gasteiger partial charge in [-0.25, -0.2) is 4.79 Å². The number of ether oxygens (including phenoxy) is 1. The average Bonchev–Trinajstić information content (AvgIpc) is 2.45. The molecule has 0 bridgehead atoms. The fourth-order valence-corrected chi connectivity index (χ4v) is 1.65. The molecule has 0 aliphatic carbocycles. The van der Waals surface area contributed by atoms with Gasteiger partial charge in [-0.3, -0.25) is 4.79 Å². The molecule has 20 heavy (non-hydrogen) atoms. The van der Waals surface area contributed by atoms with Crippen molar-refractivity contribution in [1.29, 1.82) is 0 Å². The van der Waals surface area contributed by atoms with Crippen molar-refractivity contribution in [3.05, 3.63) is 42.0 Å². The zero-order valence-corrected chi connectivity index (χ0v) is 12.2. The Labute approximate surface area is 119 Å². The predicted molar refractivity (Wildman–Crippen MR) is 79.6 cm³/mol. The van der Waals surface area contributed by atoms with E-state index in [-0.39, 0.29) is 12.5 Å². The maximum absolute atomic E-state index is 11.6. The molecule has 0 unspecified atom stereocenters. The predicted octanol–water partition coefficient (Wildman–Crippen LogP) is 3.26. The van der Waals surface area contributed by atoms with Gasteiger partial charge in [-0.05, 0) is 37.0 Å². The molecule has 0 heterocycles. The van der Waals surface area contributed by atoms with Gasteiger partial charge in [0.15, 0.2) is 6.61 Å². The van der Waals surface area contributed by atoms with Crippen molar-refractivity contribution in [3.8, 4) is 0 Å². The molecule has 1 amide bonds. The Bertz CT molecular complexity index is 477. The lowest BCUT2D eigenvalue weighted by molar-refractivity contribution is -0.142. The second kappa shape index (κ2) is 8.15. The molecule has 0 aliphatic heterocycles. The van der Waals surface area contributed by atoms with Crippen LogP contribution in [0.5, 0.6) is 0 Å². The molecule has 1 aromatic rings. The Hall–Kier alpha value is -2.10. The molecule has 4 nitrogen and oxygen atoms in total. The fraction of sp³-hybridized carbons (Fsp3) is 0.375. The van der Waals surface area contributed by atoms with Gasteiger partial charge >= 0.3 is 5.97 Å². The summed E-state index contributed by atoms with van der Waals surface area (Å²) in [6.45, 7) is 5.73. The van der Waals surface area contributed by atoms with Crippen molar-refractivity contribution in [2.45, 2.75) is 33.1 Å². The van der Waals surface area contributed by atoms with E-state index >= 15 is 0 Å². The first-order valence-electron chi connectivity index (χ1n) is 6.76. The highest BCUT2D eigenvalue weighted by molar-refractivity contribution is 5.93. The average molecular weight is 275 g/mol. The molecule has 0 saturated heterocycles. The summed E-state index contributed by atoms with van der Waals surface area (Å²) in [6, 6.07) is 7.70. The maximum atomic E-state index is 11.6. The number of carbonyl (C=O) groups excluding carboxylic acids is 2. The van der Waals surface area contributed by atoms with Crippen LogP contribution in [0.4, 0.5) is 5.69 Å². The molecule has 4 heteroatoms. The van der Waals surface area contributed by atoms with Crippen LogP contribution >= 0.6 is 0 Å². The summed E-state index contributed by atoms with van der Waals surface area (Å²) in [7, 11) is 0. The van der Waals surface area contributed by atoms with Crippen molar-refractivity contribution in [2.75, 3.05) is 11.9 Å². The summed E-state index contributed by atoms with van der Waals surface area (Å²) in [5.41, 5.74) is 1.94. The van der Waals surface area contributed by atoms with Crippen LogP contribution in [-0.2, 0) is 14.3 Å². The van der Waals surface area contributed by atoms with Gasteiger partial charge in [-0.2, -0.15) is 0 Å². The third-order valence-electron chi connectivity index (χ3n) is 3.02. The zero-order chi connectivity index (χ0) is 15.0. The number of carbonyl (C=O) groups is 2. The van der Waals surface area contributed by atoms with Crippen molar-refractivity contribution in [1.82, 2.24) is 0 Å². The number of hydrogen-bond donors (Lipinski definition) is 1. The van der Waals surface area contributed by atoms with E-state index in [1.54, 1.807) is 13.0 Å². The molecular formula is C16H21NO3. The molecule has 1 atom stereocenters. The number of rotatable bonds is 6. The summed E-state index contributed by atoms with van der Waals surface area (Å²) >= 11 is 0. The number of nitrogens with one attached hydrogen (secondary N) is 1. The van der Waals surface area contributed by atoms with Gasteiger partial charge in [0.1, 0.15) is 0 Å². The Morgan fingerprint density at radius 2 is 1.95 bits per heavy atom. The van der Waals surface area contributed by atoms with Gasteiger partial charge in [0.2, 0.25) is 0 Å². The Morgan fingerprint density at radius 1 is 1.30 bits per heavy atom. The highest BCUT2D eigenvalue weighted by Crippen LogP contribution is 2.20. The molecule has 1 aromatic carbocycles. The molecule has 0 aliphatic rings. The number of benzene rings is 1. The van der Waals surface area contributed by atoms with E-state index in [1.165, 1.54) is 11.6 Å². The maximum Gasteiger partial charge on any atom is 0.330 e. The molecule has 0 saturated carbocycles. The quantitative estimate of drug-likeness (QED) is 0.640. The van der Waals surface area contributed by atoms with E-state index < -0.39 is 5.97 Å². The summed E-state index contributed by atoms with van der Waals surface area (Å²) in [6.07, 6.45) is 3.91. The van der Waals surface area contributed by atoms with E-state index in [2.05, 4.69) is 19.2 Å². The third kappa shape index (κ3) is 5.26. The largest absolute Gasteiger partial charge is 0.452 e. The first kappa shape index (κ1) is 16.0. The van der Waals surface area contributed by atoms with Gasteiger partial charge in [0, 0.05) is 11.8 Å². The van der Waals surface area contributed by atoms with E-state index in [0.717, 1.165) is 6.42 Å². The monoisotopic (exact) mass is 275 g/mol. The summed E-state index contributed by atoms with van der Waals surface area (Å²) in [4.78, 5) is 22.6. The second-order valence-electron chi connectivity index (χ2n) is 4.59. The van der Waals surface area contributed by atoms with Crippen LogP contribution in [-0.4, -0.2) is 18.5 Å². The van der Waals surface area contributed by atoms with Crippen LogP contribution in [0, 0.1) is 0 Å². The minimum absolute atomic E-state index is 0.281. The second-order valence-corrected chi connectivity index (χ2v) is 4.59. The normalized spacial score (nSPS) is 12.2. The van der Waals surface area contributed by atoms with Crippen LogP contribution in [0.15, 0.2) is 36.4 Å². The van der Waals surface area contributed by atoms with Crippen LogP contribution < -0.4 is 5.32 Å². The fourth-order valence-electron chi connectivity index (χ4n) is 1.65. The van der Waals surface area contributed by atoms with Gasteiger partial charge in [0.05, 0.1) is 0 Å². The van der Waals surface area contributed by atoms with Gasteiger partial charge in [-0.15, -0.1) is 0 Å². The molecular weight excluding hydrogens is 254 g/mol. The lowest BCUT2D eigenvalue weighted by Crippen LogP contribution is -2.20. The zero-order valence-electron chi connectivity index (χ0n) is 12.2. The lowest BCUT2D eigenvalue weighted by Gasteiger charge is -2.10. The van der Waals surface area contributed by atoms with Gasteiger partial charge in [-0.1, -0.05) is 32.1 Å². The van der Waals surface area contributed by atoms with Crippen molar-refractivity contribution < 1.29 is 14.3 Å². The first-order chi connectivity index (χ1) is 9.56. The van der Waals surface area contributed by atoms with E-state index in [4.69, 9.17) is 4.74 Å². The van der Waals surface area contributed by atoms with Crippen molar-refractivity contribution in [3.63, 3.8) is 0 Å². The van der Waals surface area contributed by atoms with Crippen molar-refractivity contribution in [2.24, 2.45) is 0 Å². The van der Waals surface area contributed by atoms with E-state index in [9.17, 15) is 9.59 Å². The number of anilines is 1. The summed E-state index contributed by atoms with van der Waals surface area (Å²) < 4.78 is 4.76. The van der Waals surface area contributed by atoms with Crippen LogP contribution in [0.1, 0.15) is 38.7 Å². The minimum Gasteiger partial charge on any atom is -0.452 e. The van der Waals surface area contributed by atoms with Crippen LogP contribution in [0.25, 0.3) is 0 Å². The van der Waals surface area contributed by atoms with Gasteiger partial charge < -0.3 is 10.1 Å². The smallest absolute Gasteiger partial charge is 0.330 e. The summed E-state index contributed by atoms with van der Waals surface area (Å²) in [5, 5.41) is 2.68. The molecule has 1 N–H and O–H groups in total. The van der Waals surface area contributed by atoms with E-state index in [1.807, 2.05) is 24.3 Å². The standard InChI is InChI=1S/C16H21NO3/c1-4-6-16(19)20-11-15(18)17-14-9-7-13(8-10-14)12(3)5-2/h4,6-10,12H,5,11H2,1-3H3,(H,17,18)/b6-4+/t12-/m0/s1. The van der Waals surface area contributed by atoms with Gasteiger partial charge in [0.25, 0.3) is 5.91 Å². The first-order valence-corrected chi connectivity index (χ1v) is 6.76. The molecule has 0 spiro atoms.